The Morgan fingerprint density at radius 1 is 1.21 bits per heavy atom. The zero-order chi connectivity index (χ0) is 19.8. The summed E-state index contributed by atoms with van der Waals surface area (Å²) in [5.41, 5.74) is 8.76. The Kier molecular flexibility index (Phi) is 4.87. The number of hydrogen-bond donors (Lipinski definition) is 1. The maximum Gasteiger partial charge on any atom is 0.276 e. The quantitative estimate of drug-likeness (QED) is 0.734. The van der Waals surface area contributed by atoms with Crippen molar-refractivity contribution in [2.45, 2.75) is 18.9 Å². The standard InChI is InChI=1S/C20H19ClFN5O/c1-12-19(24-25-27(12)14-7-8-17(22)16(21)9-14)20(28)26-10-15(18(23)11-26)13-5-3-2-4-6-13/h2-9,15,18H,10-11,23H2,1H3/t15-,18+/m0/s1. The van der Waals surface area contributed by atoms with E-state index in [9.17, 15) is 9.18 Å². The second-order valence-corrected chi connectivity index (χ2v) is 7.33. The highest BCUT2D eigenvalue weighted by Crippen LogP contribution is 2.28. The van der Waals surface area contributed by atoms with Crippen molar-refractivity contribution < 1.29 is 9.18 Å². The molecule has 0 spiro atoms. The lowest BCUT2D eigenvalue weighted by Gasteiger charge is -2.15. The molecule has 1 fully saturated rings. The highest BCUT2D eigenvalue weighted by Gasteiger charge is 2.35. The van der Waals surface area contributed by atoms with E-state index in [1.165, 1.54) is 22.9 Å². The molecule has 0 saturated carbocycles. The molecule has 144 valence electrons. The molecule has 3 aromatic rings. The van der Waals surface area contributed by atoms with E-state index in [1.807, 2.05) is 30.3 Å². The molecule has 2 aromatic carbocycles. The van der Waals surface area contributed by atoms with Gasteiger partial charge in [-0.1, -0.05) is 47.1 Å². The third kappa shape index (κ3) is 3.27. The number of benzene rings is 2. The minimum Gasteiger partial charge on any atom is -0.335 e. The van der Waals surface area contributed by atoms with E-state index in [-0.39, 0.29) is 28.6 Å². The Morgan fingerprint density at radius 3 is 2.68 bits per heavy atom. The van der Waals surface area contributed by atoms with Gasteiger partial charge in [0.15, 0.2) is 5.69 Å². The van der Waals surface area contributed by atoms with Crippen LogP contribution < -0.4 is 5.73 Å². The highest BCUT2D eigenvalue weighted by atomic mass is 35.5. The predicted molar refractivity (Wildman–Crippen MR) is 104 cm³/mol. The number of aromatic nitrogens is 3. The molecule has 1 saturated heterocycles. The molecule has 6 nitrogen and oxygen atoms in total. The fourth-order valence-electron chi connectivity index (χ4n) is 3.59. The van der Waals surface area contributed by atoms with Crippen LogP contribution in [0.2, 0.25) is 5.02 Å². The van der Waals surface area contributed by atoms with E-state index in [4.69, 9.17) is 17.3 Å². The smallest absolute Gasteiger partial charge is 0.276 e. The summed E-state index contributed by atoms with van der Waals surface area (Å²) in [6.45, 7) is 2.72. The lowest BCUT2D eigenvalue weighted by molar-refractivity contribution is 0.0782. The van der Waals surface area contributed by atoms with Crippen LogP contribution in [0, 0.1) is 12.7 Å². The van der Waals surface area contributed by atoms with Gasteiger partial charge in [0.05, 0.1) is 16.4 Å². The molecule has 0 aliphatic carbocycles. The zero-order valence-electron chi connectivity index (χ0n) is 15.2. The van der Waals surface area contributed by atoms with Crippen LogP contribution in [0.1, 0.15) is 27.7 Å². The Bertz CT molecular complexity index is 1020. The minimum absolute atomic E-state index is 0.0171. The van der Waals surface area contributed by atoms with Crippen molar-refractivity contribution in [3.63, 3.8) is 0 Å². The molecule has 1 amide bonds. The van der Waals surface area contributed by atoms with Crippen molar-refractivity contribution >= 4 is 17.5 Å². The predicted octanol–water partition coefficient (Wildman–Crippen LogP) is 2.94. The van der Waals surface area contributed by atoms with Gasteiger partial charge < -0.3 is 10.6 Å². The Morgan fingerprint density at radius 2 is 1.96 bits per heavy atom. The fraction of sp³-hybridized carbons (Fsp3) is 0.250. The molecule has 0 radical (unpaired) electrons. The second-order valence-electron chi connectivity index (χ2n) is 6.92. The highest BCUT2D eigenvalue weighted by molar-refractivity contribution is 6.30. The zero-order valence-corrected chi connectivity index (χ0v) is 16.0. The molecular weight excluding hydrogens is 381 g/mol. The maximum atomic E-state index is 13.4. The first-order valence-corrected chi connectivity index (χ1v) is 9.31. The van der Waals surface area contributed by atoms with Gasteiger partial charge in [-0.15, -0.1) is 5.10 Å². The largest absolute Gasteiger partial charge is 0.335 e. The van der Waals surface area contributed by atoms with Crippen LogP contribution in [0.4, 0.5) is 4.39 Å². The van der Waals surface area contributed by atoms with Crippen LogP contribution in [0.5, 0.6) is 0 Å². The molecular formula is C20H19ClFN5O. The molecule has 2 N–H and O–H groups in total. The van der Waals surface area contributed by atoms with Crippen molar-refractivity contribution in [1.82, 2.24) is 19.9 Å². The molecule has 2 atom stereocenters. The van der Waals surface area contributed by atoms with Crippen LogP contribution in [0.3, 0.4) is 0 Å². The average molecular weight is 400 g/mol. The lowest BCUT2D eigenvalue weighted by Crippen LogP contribution is -2.32. The molecule has 2 heterocycles. The van der Waals surface area contributed by atoms with E-state index in [0.29, 0.717) is 24.5 Å². The Hall–Kier alpha value is -2.77. The number of nitrogens with two attached hydrogens (primary N) is 1. The summed E-state index contributed by atoms with van der Waals surface area (Å²) in [6.07, 6.45) is 0. The summed E-state index contributed by atoms with van der Waals surface area (Å²) < 4.78 is 14.9. The molecule has 8 heteroatoms. The minimum atomic E-state index is -0.516. The molecule has 1 aromatic heterocycles. The van der Waals surface area contributed by atoms with E-state index in [2.05, 4.69) is 10.3 Å². The molecule has 28 heavy (non-hydrogen) atoms. The van der Waals surface area contributed by atoms with Gasteiger partial charge in [-0.2, -0.15) is 0 Å². The second kappa shape index (κ2) is 7.33. The van der Waals surface area contributed by atoms with Crippen LogP contribution in [-0.2, 0) is 0 Å². The first-order chi connectivity index (χ1) is 13.5. The van der Waals surface area contributed by atoms with Gasteiger partial charge in [0.1, 0.15) is 5.82 Å². The van der Waals surface area contributed by atoms with E-state index in [1.54, 1.807) is 11.8 Å². The number of rotatable bonds is 3. The van der Waals surface area contributed by atoms with Gasteiger partial charge in [0, 0.05) is 25.0 Å². The van der Waals surface area contributed by atoms with Crippen LogP contribution in [-0.4, -0.2) is 44.9 Å². The molecule has 1 aliphatic rings. The third-order valence-corrected chi connectivity index (χ3v) is 5.41. The first kappa shape index (κ1) is 18.6. The van der Waals surface area contributed by atoms with Gasteiger partial charge >= 0.3 is 0 Å². The van der Waals surface area contributed by atoms with Gasteiger partial charge in [0.25, 0.3) is 5.91 Å². The number of carbonyl (C=O) groups is 1. The van der Waals surface area contributed by atoms with Crippen LogP contribution >= 0.6 is 11.6 Å². The van der Waals surface area contributed by atoms with E-state index >= 15 is 0 Å². The van der Waals surface area contributed by atoms with E-state index in [0.717, 1.165) is 5.56 Å². The van der Waals surface area contributed by atoms with Crippen molar-refractivity contribution in [2.24, 2.45) is 5.73 Å². The first-order valence-electron chi connectivity index (χ1n) is 8.93. The number of likely N-dealkylation sites (tertiary alicyclic amines) is 1. The number of amides is 1. The van der Waals surface area contributed by atoms with Gasteiger partial charge in [0.2, 0.25) is 0 Å². The number of halogens is 2. The molecule has 0 unspecified atom stereocenters. The molecule has 1 aliphatic heterocycles. The summed E-state index contributed by atoms with van der Waals surface area (Å²) >= 11 is 5.85. The van der Waals surface area contributed by atoms with Crippen LogP contribution in [0.15, 0.2) is 48.5 Å². The van der Waals surface area contributed by atoms with E-state index < -0.39 is 5.82 Å². The monoisotopic (exact) mass is 399 g/mol. The van der Waals surface area contributed by atoms with Crippen molar-refractivity contribution in [2.75, 3.05) is 13.1 Å². The number of nitrogens with zero attached hydrogens (tertiary/aromatic N) is 4. The third-order valence-electron chi connectivity index (χ3n) is 5.12. The van der Waals surface area contributed by atoms with Crippen molar-refractivity contribution in [3.8, 4) is 5.69 Å². The molecule has 4 rings (SSSR count). The number of carbonyl (C=O) groups excluding carboxylic acids is 1. The topological polar surface area (TPSA) is 77.0 Å². The van der Waals surface area contributed by atoms with Gasteiger partial charge in [-0.25, -0.2) is 9.07 Å². The summed E-state index contributed by atoms with van der Waals surface area (Å²) in [6, 6.07) is 14.0. The maximum absolute atomic E-state index is 13.4. The normalized spacial score (nSPS) is 19.2. The lowest BCUT2D eigenvalue weighted by atomic mass is 9.95. The van der Waals surface area contributed by atoms with Crippen molar-refractivity contribution in [1.29, 1.82) is 0 Å². The summed E-state index contributed by atoms with van der Waals surface area (Å²) in [4.78, 5) is 14.7. The summed E-state index contributed by atoms with van der Waals surface area (Å²) in [5.74, 6) is -0.653. The number of hydrogen-bond acceptors (Lipinski definition) is 4. The summed E-state index contributed by atoms with van der Waals surface area (Å²) in [5, 5.41) is 8.09. The van der Waals surface area contributed by atoms with Gasteiger partial charge in [-0.05, 0) is 30.7 Å². The SMILES string of the molecule is Cc1c(C(=O)N2C[C@@H](N)[C@H](c3ccccc3)C2)nnn1-c1ccc(F)c(Cl)c1. The Labute approximate surface area is 166 Å². The average Bonchev–Trinajstić information content (AvgIpc) is 3.27. The van der Waals surface area contributed by atoms with Gasteiger partial charge in [-0.3, -0.25) is 4.79 Å². The fourth-order valence-corrected chi connectivity index (χ4v) is 3.76. The molecule has 0 bridgehead atoms. The van der Waals surface area contributed by atoms with Crippen LogP contribution in [0.25, 0.3) is 5.69 Å². The Balaban J connectivity index is 1.58. The van der Waals surface area contributed by atoms with Crippen molar-refractivity contribution in [3.05, 3.63) is 76.3 Å². The summed E-state index contributed by atoms with van der Waals surface area (Å²) in [7, 11) is 0.